The van der Waals surface area contributed by atoms with Gasteiger partial charge in [-0.25, -0.2) is 17.9 Å². The predicted molar refractivity (Wildman–Crippen MR) is 112 cm³/mol. The third-order valence-electron chi connectivity index (χ3n) is 4.71. The van der Waals surface area contributed by atoms with E-state index in [1.165, 1.54) is 24.3 Å². The Labute approximate surface area is 177 Å². The first-order valence-corrected chi connectivity index (χ1v) is 11.4. The second-order valence-corrected chi connectivity index (χ2v) is 9.09. The third kappa shape index (κ3) is 6.29. The molecule has 0 radical (unpaired) electrons. The molecule has 1 unspecified atom stereocenters. The Hall–Kier alpha value is -2.42. The molecule has 0 saturated carbocycles. The van der Waals surface area contributed by atoms with Gasteiger partial charge >= 0.3 is 5.97 Å². The lowest BCUT2D eigenvalue weighted by Crippen LogP contribution is -2.31. The third-order valence-corrected chi connectivity index (χ3v) is 6.15. The van der Waals surface area contributed by atoms with Gasteiger partial charge in [-0.3, -0.25) is 0 Å². The van der Waals surface area contributed by atoms with Crippen molar-refractivity contribution >= 4 is 16.0 Å². The zero-order chi connectivity index (χ0) is 21.6. The maximum Gasteiger partial charge on any atom is 0.338 e. The van der Waals surface area contributed by atoms with E-state index in [-0.39, 0.29) is 36.3 Å². The summed E-state index contributed by atoms with van der Waals surface area (Å²) in [6.45, 7) is 5.21. The average molecular weight is 434 g/mol. The largest absolute Gasteiger partial charge is 0.490 e. The molecule has 0 spiro atoms. The Bertz CT molecular complexity index is 945. The Morgan fingerprint density at radius 3 is 2.43 bits per heavy atom. The maximum atomic E-state index is 12.4. The number of carbonyl (C=O) groups is 1. The van der Waals surface area contributed by atoms with Gasteiger partial charge in [-0.1, -0.05) is 6.07 Å². The van der Waals surface area contributed by atoms with Crippen molar-refractivity contribution < 1.29 is 27.4 Å². The van der Waals surface area contributed by atoms with Crippen LogP contribution >= 0.6 is 0 Å². The minimum atomic E-state index is -3.65. The monoisotopic (exact) mass is 433 g/mol. The van der Waals surface area contributed by atoms with Crippen molar-refractivity contribution in [1.82, 2.24) is 4.72 Å². The maximum absolute atomic E-state index is 12.4. The lowest BCUT2D eigenvalue weighted by atomic mass is 10.1. The molecule has 7 nitrogen and oxygen atoms in total. The highest BCUT2D eigenvalue weighted by atomic mass is 32.2. The molecule has 0 amide bonds. The van der Waals surface area contributed by atoms with Crippen LogP contribution in [0, 0.1) is 13.8 Å². The fourth-order valence-electron chi connectivity index (χ4n) is 3.25. The number of carbonyl (C=O) groups excluding carboxylic acids is 1. The molecule has 1 aliphatic rings. The van der Waals surface area contributed by atoms with Gasteiger partial charge in [-0.2, -0.15) is 0 Å². The molecule has 1 aliphatic heterocycles. The van der Waals surface area contributed by atoms with Gasteiger partial charge in [0.05, 0.1) is 16.6 Å². The Balaban J connectivity index is 1.47. The van der Waals surface area contributed by atoms with Gasteiger partial charge in [0.2, 0.25) is 10.0 Å². The van der Waals surface area contributed by atoms with Gasteiger partial charge in [0, 0.05) is 13.2 Å². The molecule has 0 bridgehead atoms. The first-order valence-electron chi connectivity index (χ1n) is 9.93. The van der Waals surface area contributed by atoms with Crippen LogP contribution in [0.25, 0.3) is 0 Å². The van der Waals surface area contributed by atoms with Gasteiger partial charge < -0.3 is 14.2 Å². The summed E-state index contributed by atoms with van der Waals surface area (Å²) in [7, 11) is -3.65. The van der Waals surface area contributed by atoms with E-state index in [1.54, 1.807) is 0 Å². The fourth-order valence-corrected chi connectivity index (χ4v) is 4.32. The molecule has 0 aliphatic carbocycles. The lowest BCUT2D eigenvalue weighted by molar-refractivity contribution is 0.0450. The van der Waals surface area contributed by atoms with Crippen LogP contribution in [0.5, 0.6) is 5.75 Å². The standard InChI is InChI=1S/C22H27NO6S/c1-16-12-17(2)14-20(13-16)28-10-11-29-22(24)18-5-7-21(8-6-18)30(25,26)23-15-19-4-3-9-27-19/h5-8,12-14,19,23H,3-4,9-11,15H2,1-2H3. The Morgan fingerprint density at radius 1 is 1.10 bits per heavy atom. The summed E-state index contributed by atoms with van der Waals surface area (Å²) in [4.78, 5) is 12.3. The van der Waals surface area contributed by atoms with Gasteiger partial charge in [0.15, 0.2) is 0 Å². The second kappa shape index (κ2) is 10.1. The van der Waals surface area contributed by atoms with Crippen LogP contribution in [0.1, 0.15) is 34.3 Å². The number of benzene rings is 2. The molecule has 8 heteroatoms. The van der Waals surface area contributed by atoms with Crippen molar-refractivity contribution in [1.29, 1.82) is 0 Å². The average Bonchev–Trinajstić information content (AvgIpc) is 3.23. The summed E-state index contributed by atoms with van der Waals surface area (Å²) in [6, 6.07) is 11.5. The normalized spacial score (nSPS) is 16.4. The number of esters is 1. The van der Waals surface area contributed by atoms with Crippen LogP contribution < -0.4 is 9.46 Å². The molecule has 162 valence electrons. The Morgan fingerprint density at radius 2 is 1.80 bits per heavy atom. The number of ether oxygens (including phenoxy) is 3. The summed E-state index contributed by atoms with van der Waals surface area (Å²) < 4.78 is 43.5. The van der Waals surface area contributed by atoms with E-state index < -0.39 is 16.0 Å². The lowest BCUT2D eigenvalue weighted by Gasteiger charge is -2.12. The molecule has 3 rings (SSSR count). The molecule has 2 aromatic carbocycles. The molecule has 1 saturated heterocycles. The predicted octanol–water partition coefficient (Wildman–Crippen LogP) is 3.00. The van der Waals surface area contributed by atoms with Crippen LogP contribution in [0.2, 0.25) is 0 Å². The summed E-state index contributed by atoms with van der Waals surface area (Å²) in [5.41, 5.74) is 2.48. The topological polar surface area (TPSA) is 90.9 Å². The van der Waals surface area contributed by atoms with E-state index >= 15 is 0 Å². The van der Waals surface area contributed by atoms with Crippen molar-refractivity contribution in [2.24, 2.45) is 0 Å². The number of rotatable bonds is 9. The quantitative estimate of drug-likeness (QED) is 0.483. The van der Waals surface area contributed by atoms with Gasteiger partial charge in [0.1, 0.15) is 19.0 Å². The van der Waals surface area contributed by atoms with Crippen molar-refractivity contribution in [2.75, 3.05) is 26.4 Å². The highest BCUT2D eigenvalue weighted by molar-refractivity contribution is 7.89. The number of nitrogens with one attached hydrogen (secondary N) is 1. The van der Waals surface area contributed by atoms with E-state index in [2.05, 4.69) is 10.8 Å². The molecule has 1 fully saturated rings. The van der Waals surface area contributed by atoms with Gasteiger partial charge in [-0.05, 0) is 74.2 Å². The number of hydrogen-bond acceptors (Lipinski definition) is 6. The Kier molecular flexibility index (Phi) is 7.47. The van der Waals surface area contributed by atoms with Crippen LogP contribution in [-0.2, 0) is 19.5 Å². The van der Waals surface area contributed by atoms with E-state index in [1.807, 2.05) is 26.0 Å². The smallest absolute Gasteiger partial charge is 0.338 e. The van der Waals surface area contributed by atoms with Crippen molar-refractivity contribution in [3.63, 3.8) is 0 Å². The van der Waals surface area contributed by atoms with E-state index in [0.29, 0.717) is 6.61 Å². The minimum Gasteiger partial charge on any atom is -0.490 e. The van der Waals surface area contributed by atoms with Crippen LogP contribution in [0.4, 0.5) is 0 Å². The first-order chi connectivity index (χ1) is 14.3. The van der Waals surface area contributed by atoms with Crippen molar-refractivity contribution in [2.45, 2.75) is 37.7 Å². The SMILES string of the molecule is Cc1cc(C)cc(OCCOC(=O)c2ccc(S(=O)(=O)NCC3CCCO3)cc2)c1. The molecule has 1 heterocycles. The molecular weight excluding hydrogens is 406 g/mol. The van der Waals surface area contributed by atoms with E-state index in [0.717, 1.165) is 29.7 Å². The van der Waals surface area contributed by atoms with Gasteiger partial charge in [-0.15, -0.1) is 0 Å². The highest BCUT2D eigenvalue weighted by Gasteiger charge is 2.20. The highest BCUT2D eigenvalue weighted by Crippen LogP contribution is 2.17. The first kappa shape index (κ1) is 22.3. The van der Waals surface area contributed by atoms with Crippen LogP contribution in [0.15, 0.2) is 47.4 Å². The molecule has 1 atom stereocenters. The van der Waals surface area contributed by atoms with E-state index in [4.69, 9.17) is 14.2 Å². The molecule has 1 N–H and O–H groups in total. The molecule has 30 heavy (non-hydrogen) atoms. The molecular formula is C22H27NO6S. The van der Waals surface area contributed by atoms with Crippen molar-refractivity contribution in [3.05, 3.63) is 59.2 Å². The fraction of sp³-hybridized carbons (Fsp3) is 0.409. The zero-order valence-corrected chi connectivity index (χ0v) is 18.0. The number of aryl methyl sites for hydroxylation is 2. The number of sulfonamides is 1. The summed E-state index contributed by atoms with van der Waals surface area (Å²) in [6.07, 6.45) is 1.71. The van der Waals surface area contributed by atoms with Crippen molar-refractivity contribution in [3.8, 4) is 5.75 Å². The molecule has 0 aromatic heterocycles. The summed E-state index contributed by atoms with van der Waals surface area (Å²) >= 11 is 0. The van der Waals surface area contributed by atoms with Crippen LogP contribution in [0.3, 0.4) is 0 Å². The molecule has 2 aromatic rings. The summed E-state index contributed by atoms with van der Waals surface area (Å²) in [5.74, 6) is 0.198. The van der Waals surface area contributed by atoms with Gasteiger partial charge in [0.25, 0.3) is 0 Å². The second-order valence-electron chi connectivity index (χ2n) is 7.32. The summed E-state index contributed by atoms with van der Waals surface area (Å²) in [5, 5.41) is 0. The van der Waals surface area contributed by atoms with Crippen LogP contribution in [-0.4, -0.2) is 46.9 Å². The minimum absolute atomic E-state index is 0.0834. The number of hydrogen-bond donors (Lipinski definition) is 1. The zero-order valence-electron chi connectivity index (χ0n) is 17.2. The van der Waals surface area contributed by atoms with E-state index in [9.17, 15) is 13.2 Å².